The molecule has 2 heterocycles. The number of nitrogens with zero attached hydrogens (tertiary/aromatic N) is 1. The number of hydrogen-bond acceptors (Lipinski definition) is 6. The van der Waals surface area contributed by atoms with E-state index in [-0.39, 0.29) is 12.1 Å². The maximum Gasteiger partial charge on any atom is 0.416 e. The van der Waals surface area contributed by atoms with Gasteiger partial charge in [-0.25, -0.2) is 4.90 Å². The Morgan fingerprint density at radius 2 is 1.64 bits per heavy atom. The van der Waals surface area contributed by atoms with Gasteiger partial charge in [-0.3, -0.25) is 19.7 Å². The molecular weight excluding hydrogens is 513 g/mol. The van der Waals surface area contributed by atoms with Crippen LogP contribution in [0, 0.1) is 11.8 Å². The molecular formula is C29H25F3N2O5. The summed E-state index contributed by atoms with van der Waals surface area (Å²) in [5, 5.41) is 3.26. The van der Waals surface area contributed by atoms with Crippen LogP contribution in [0.25, 0.3) is 0 Å². The summed E-state index contributed by atoms with van der Waals surface area (Å²) in [6.45, 7) is 0. The lowest BCUT2D eigenvalue weighted by molar-refractivity contribution is -0.152. The summed E-state index contributed by atoms with van der Waals surface area (Å²) in [6, 6.07) is 19.0. The number of fused-ring (bicyclic) bond motifs is 1. The Kier molecular flexibility index (Phi) is 6.67. The number of halogens is 3. The topological polar surface area (TPSA) is 84.9 Å². The third kappa shape index (κ3) is 4.44. The predicted octanol–water partition coefficient (Wildman–Crippen LogP) is 4.32. The molecule has 0 radical (unpaired) electrons. The van der Waals surface area contributed by atoms with E-state index in [1.165, 1.54) is 20.3 Å². The molecule has 2 saturated heterocycles. The van der Waals surface area contributed by atoms with Gasteiger partial charge in [0.25, 0.3) is 0 Å². The van der Waals surface area contributed by atoms with Crippen LogP contribution in [0.3, 0.4) is 0 Å². The number of anilines is 1. The molecule has 0 saturated carbocycles. The Bertz CT molecular complexity index is 1410. The normalized spacial score (nSPS) is 24.5. The SMILES string of the molecule is COC(=O)[C@]1(Cc2ccccc2)N[C@@H](c2ccc(OC)cc2)[C@@H]2C(=O)N(c3cccc(C(F)(F)F)c3)C(=O)[C@@H]21. The van der Waals surface area contributed by atoms with E-state index in [9.17, 15) is 27.6 Å². The Balaban J connectivity index is 1.66. The maximum atomic E-state index is 14.0. The number of benzene rings is 3. The fraction of sp³-hybridized carbons (Fsp3) is 0.276. The highest BCUT2D eigenvalue weighted by Crippen LogP contribution is 2.51. The molecule has 7 nitrogen and oxygen atoms in total. The summed E-state index contributed by atoms with van der Waals surface area (Å²) in [4.78, 5) is 42.2. The fourth-order valence-corrected chi connectivity index (χ4v) is 5.70. The molecule has 3 aromatic rings. The molecule has 0 unspecified atom stereocenters. The number of imide groups is 1. The van der Waals surface area contributed by atoms with Gasteiger partial charge in [-0.1, -0.05) is 48.5 Å². The number of rotatable bonds is 6. The zero-order valence-corrected chi connectivity index (χ0v) is 21.1. The van der Waals surface area contributed by atoms with Crippen molar-refractivity contribution in [3.8, 4) is 5.75 Å². The predicted molar refractivity (Wildman–Crippen MR) is 135 cm³/mol. The van der Waals surface area contributed by atoms with Crippen LogP contribution in [0.4, 0.5) is 18.9 Å². The van der Waals surface area contributed by atoms with E-state index < -0.39 is 52.9 Å². The van der Waals surface area contributed by atoms with Crippen LogP contribution in [0.5, 0.6) is 5.75 Å². The van der Waals surface area contributed by atoms with Gasteiger partial charge in [-0.2, -0.15) is 13.2 Å². The Labute approximate surface area is 222 Å². The number of alkyl halides is 3. The molecule has 39 heavy (non-hydrogen) atoms. The molecule has 3 aromatic carbocycles. The molecule has 202 valence electrons. The van der Waals surface area contributed by atoms with Crippen molar-refractivity contribution in [1.82, 2.24) is 5.32 Å². The molecule has 4 atom stereocenters. The monoisotopic (exact) mass is 538 g/mol. The number of hydrogen-bond donors (Lipinski definition) is 1. The average Bonchev–Trinajstić information content (AvgIpc) is 3.42. The second kappa shape index (κ2) is 9.85. The molecule has 2 aliphatic heterocycles. The van der Waals surface area contributed by atoms with E-state index >= 15 is 0 Å². The van der Waals surface area contributed by atoms with Gasteiger partial charge in [0.15, 0.2) is 0 Å². The molecule has 0 aromatic heterocycles. The molecule has 2 amide bonds. The zero-order chi connectivity index (χ0) is 27.9. The minimum Gasteiger partial charge on any atom is -0.497 e. The van der Waals surface area contributed by atoms with Gasteiger partial charge in [-0.15, -0.1) is 0 Å². The number of nitrogens with one attached hydrogen (secondary N) is 1. The first-order valence-electron chi connectivity index (χ1n) is 12.2. The van der Waals surface area contributed by atoms with Gasteiger partial charge in [-0.05, 0) is 41.5 Å². The lowest BCUT2D eigenvalue weighted by Gasteiger charge is -2.32. The molecule has 1 N–H and O–H groups in total. The number of amides is 2. The minimum absolute atomic E-state index is 0.0176. The Morgan fingerprint density at radius 3 is 2.26 bits per heavy atom. The van der Waals surface area contributed by atoms with E-state index in [0.717, 1.165) is 23.1 Å². The molecule has 2 fully saturated rings. The Hall–Kier alpha value is -4.18. The van der Waals surface area contributed by atoms with Gasteiger partial charge in [0.05, 0.1) is 37.3 Å². The highest BCUT2D eigenvalue weighted by molar-refractivity contribution is 6.24. The van der Waals surface area contributed by atoms with Crippen molar-refractivity contribution in [2.45, 2.75) is 24.2 Å². The highest BCUT2D eigenvalue weighted by atomic mass is 19.4. The van der Waals surface area contributed by atoms with E-state index in [2.05, 4.69) is 5.32 Å². The largest absolute Gasteiger partial charge is 0.497 e. The lowest BCUT2D eigenvalue weighted by Crippen LogP contribution is -2.57. The summed E-state index contributed by atoms with van der Waals surface area (Å²) in [5.41, 5.74) is -1.54. The highest BCUT2D eigenvalue weighted by Gasteiger charge is 2.69. The van der Waals surface area contributed by atoms with Crippen molar-refractivity contribution in [2.75, 3.05) is 19.1 Å². The van der Waals surface area contributed by atoms with Gasteiger partial charge in [0.2, 0.25) is 11.8 Å². The Morgan fingerprint density at radius 1 is 0.949 bits per heavy atom. The van der Waals surface area contributed by atoms with Crippen LogP contribution < -0.4 is 15.0 Å². The molecule has 10 heteroatoms. The lowest BCUT2D eigenvalue weighted by atomic mass is 9.76. The van der Waals surface area contributed by atoms with Gasteiger partial charge >= 0.3 is 12.1 Å². The van der Waals surface area contributed by atoms with E-state index in [0.29, 0.717) is 16.9 Å². The number of ether oxygens (including phenoxy) is 2. The zero-order valence-electron chi connectivity index (χ0n) is 21.1. The first-order chi connectivity index (χ1) is 18.6. The third-order valence-electron chi connectivity index (χ3n) is 7.44. The minimum atomic E-state index is -4.67. The van der Waals surface area contributed by atoms with Gasteiger partial charge in [0, 0.05) is 12.5 Å². The number of carbonyl (C=O) groups excluding carboxylic acids is 3. The van der Waals surface area contributed by atoms with E-state index in [1.807, 2.05) is 0 Å². The van der Waals surface area contributed by atoms with Crippen LogP contribution in [0.15, 0.2) is 78.9 Å². The van der Waals surface area contributed by atoms with Crippen LogP contribution in [-0.2, 0) is 31.7 Å². The molecule has 5 rings (SSSR count). The van der Waals surface area contributed by atoms with Crippen molar-refractivity contribution in [3.05, 3.63) is 95.6 Å². The first kappa shape index (κ1) is 26.4. The van der Waals surface area contributed by atoms with Crippen molar-refractivity contribution >= 4 is 23.5 Å². The quantitative estimate of drug-likeness (QED) is 0.372. The second-order valence-corrected chi connectivity index (χ2v) is 9.58. The summed E-state index contributed by atoms with van der Waals surface area (Å²) >= 11 is 0. The van der Waals surface area contributed by atoms with E-state index in [1.54, 1.807) is 54.6 Å². The molecule has 0 spiro atoms. The first-order valence-corrected chi connectivity index (χ1v) is 12.2. The van der Waals surface area contributed by atoms with Crippen LogP contribution in [0.1, 0.15) is 22.7 Å². The van der Waals surface area contributed by atoms with Crippen LogP contribution in [-0.4, -0.2) is 37.5 Å². The van der Waals surface area contributed by atoms with Crippen LogP contribution >= 0.6 is 0 Å². The third-order valence-corrected chi connectivity index (χ3v) is 7.44. The van der Waals surface area contributed by atoms with Gasteiger partial charge in [0.1, 0.15) is 11.3 Å². The summed E-state index contributed by atoms with van der Waals surface area (Å²) in [6.07, 6.45) is -4.66. The van der Waals surface area contributed by atoms with Crippen LogP contribution in [0.2, 0.25) is 0 Å². The standard InChI is InChI=1S/C29H25F3N2O5/c1-38-21-13-11-18(12-14-21)24-22-23(28(33-24,27(37)39-2)16-17-7-4-3-5-8-17)26(36)34(25(22)35)20-10-6-9-19(15-20)29(30,31)32/h3-15,22-24,33H,16H2,1-2H3/t22-,23-,24+,28-/m1/s1. The van der Waals surface area contributed by atoms with Crippen molar-refractivity contribution in [2.24, 2.45) is 11.8 Å². The van der Waals surface area contributed by atoms with Crippen molar-refractivity contribution in [1.29, 1.82) is 0 Å². The average molecular weight is 539 g/mol. The summed E-state index contributed by atoms with van der Waals surface area (Å²) in [7, 11) is 2.70. The molecule has 0 bridgehead atoms. The number of methoxy groups -OCH3 is 2. The number of carbonyl (C=O) groups is 3. The maximum absolute atomic E-state index is 14.0. The van der Waals surface area contributed by atoms with Gasteiger partial charge < -0.3 is 9.47 Å². The molecule has 0 aliphatic carbocycles. The summed E-state index contributed by atoms with van der Waals surface area (Å²) in [5.74, 6) is -3.96. The second-order valence-electron chi connectivity index (χ2n) is 9.58. The van der Waals surface area contributed by atoms with E-state index in [4.69, 9.17) is 9.47 Å². The van der Waals surface area contributed by atoms with Crippen molar-refractivity contribution in [3.63, 3.8) is 0 Å². The fourth-order valence-electron chi connectivity index (χ4n) is 5.70. The van der Waals surface area contributed by atoms with Crippen molar-refractivity contribution < 1.29 is 37.0 Å². The smallest absolute Gasteiger partial charge is 0.416 e. The summed E-state index contributed by atoms with van der Waals surface area (Å²) < 4.78 is 50.8. The molecule has 2 aliphatic rings. The number of esters is 1.